The summed E-state index contributed by atoms with van der Waals surface area (Å²) in [6.45, 7) is 2.38. The first-order chi connectivity index (χ1) is 14.2. The number of aromatic nitrogens is 1. The van der Waals surface area contributed by atoms with Crippen molar-refractivity contribution in [2.24, 2.45) is 0 Å². The topological polar surface area (TPSA) is 76.8 Å². The minimum absolute atomic E-state index is 0. The highest BCUT2D eigenvalue weighted by Crippen LogP contribution is 2.25. The molecule has 1 aliphatic heterocycles. The van der Waals surface area contributed by atoms with Crippen LogP contribution < -0.4 is 14.8 Å². The zero-order chi connectivity index (χ0) is 20.1. The normalized spacial score (nSPS) is 15.4. The molecule has 0 unspecified atom stereocenters. The molecule has 1 fully saturated rings. The zero-order valence-electron chi connectivity index (χ0n) is 17.0. The van der Waals surface area contributed by atoms with E-state index in [-0.39, 0.29) is 36.8 Å². The number of rotatable bonds is 6. The standard InChI is InChI=1S/C22H23N3O4.2ClH/c1-27-18-6-4-16(5-7-18)20-8-9-21(29-20)22(26)25-12-11-24-13-17(25)15-28-19-3-2-10-23-14-19;;/h2-10,14,17,24H,11-13,15H2,1H3;2*1H/t17-;;/m1../s1. The van der Waals surface area contributed by atoms with Crippen molar-refractivity contribution in [1.82, 2.24) is 15.2 Å². The van der Waals surface area contributed by atoms with Crippen LogP contribution in [0.3, 0.4) is 0 Å². The van der Waals surface area contributed by atoms with Gasteiger partial charge in [0.1, 0.15) is 23.9 Å². The summed E-state index contributed by atoms with van der Waals surface area (Å²) in [5, 5.41) is 3.32. The third kappa shape index (κ3) is 5.91. The molecule has 31 heavy (non-hydrogen) atoms. The van der Waals surface area contributed by atoms with Gasteiger partial charge in [-0.2, -0.15) is 0 Å². The lowest BCUT2D eigenvalue weighted by Gasteiger charge is -2.35. The Morgan fingerprint density at radius 3 is 2.68 bits per heavy atom. The van der Waals surface area contributed by atoms with Crippen LogP contribution in [-0.4, -0.2) is 55.2 Å². The Kier molecular flexibility index (Phi) is 9.18. The number of piperazine rings is 1. The second kappa shape index (κ2) is 11.6. The van der Waals surface area contributed by atoms with E-state index in [2.05, 4.69) is 10.3 Å². The van der Waals surface area contributed by atoms with E-state index in [1.165, 1.54) is 0 Å². The van der Waals surface area contributed by atoms with Gasteiger partial charge in [-0.05, 0) is 48.5 Å². The maximum atomic E-state index is 13.1. The van der Waals surface area contributed by atoms with Crippen molar-refractivity contribution < 1.29 is 18.7 Å². The van der Waals surface area contributed by atoms with Crippen LogP contribution >= 0.6 is 24.8 Å². The number of methoxy groups -OCH3 is 1. The van der Waals surface area contributed by atoms with E-state index in [1.54, 1.807) is 25.6 Å². The van der Waals surface area contributed by atoms with E-state index in [0.29, 0.717) is 37.0 Å². The lowest BCUT2D eigenvalue weighted by atomic mass is 10.1. The molecule has 1 aromatic carbocycles. The Morgan fingerprint density at radius 1 is 1.16 bits per heavy atom. The summed E-state index contributed by atoms with van der Waals surface area (Å²) in [4.78, 5) is 18.9. The molecule has 0 radical (unpaired) electrons. The van der Waals surface area contributed by atoms with Gasteiger partial charge < -0.3 is 24.1 Å². The van der Waals surface area contributed by atoms with Crippen LogP contribution in [0.1, 0.15) is 10.6 Å². The van der Waals surface area contributed by atoms with E-state index >= 15 is 0 Å². The molecule has 0 spiro atoms. The molecule has 3 aromatic rings. The summed E-state index contributed by atoms with van der Waals surface area (Å²) in [5.74, 6) is 2.29. The molecule has 166 valence electrons. The Labute approximate surface area is 193 Å². The second-order valence-electron chi connectivity index (χ2n) is 6.75. The number of halogens is 2. The first-order valence-corrected chi connectivity index (χ1v) is 9.53. The van der Waals surface area contributed by atoms with Gasteiger partial charge in [-0.1, -0.05) is 0 Å². The van der Waals surface area contributed by atoms with Gasteiger partial charge in [0.15, 0.2) is 5.76 Å². The maximum absolute atomic E-state index is 13.1. The monoisotopic (exact) mass is 465 g/mol. The first kappa shape index (κ1) is 24.5. The molecule has 3 heterocycles. The average molecular weight is 466 g/mol. The number of hydrogen-bond acceptors (Lipinski definition) is 6. The molecule has 4 rings (SSSR count). The SMILES string of the molecule is COc1ccc(-c2ccc(C(=O)N3CCNC[C@@H]3COc3cccnc3)o2)cc1.Cl.Cl. The van der Waals surface area contributed by atoms with Crippen LogP contribution in [0, 0.1) is 0 Å². The molecule has 7 nitrogen and oxygen atoms in total. The lowest BCUT2D eigenvalue weighted by molar-refractivity contribution is 0.0529. The van der Waals surface area contributed by atoms with Crippen LogP contribution in [0.25, 0.3) is 11.3 Å². The minimum Gasteiger partial charge on any atom is -0.497 e. The molecule has 1 aliphatic rings. The van der Waals surface area contributed by atoms with Crippen LogP contribution in [-0.2, 0) is 0 Å². The zero-order valence-corrected chi connectivity index (χ0v) is 18.7. The summed E-state index contributed by atoms with van der Waals surface area (Å²) in [6.07, 6.45) is 3.36. The number of carbonyl (C=O) groups excluding carboxylic acids is 1. The molecule has 1 saturated heterocycles. The molecule has 1 N–H and O–H groups in total. The van der Waals surface area contributed by atoms with Crippen molar-refractivity contribution in [2.45, 2.75) is 6.04 Å². The Morgan fingerprint density at radius 2 is 1.97 bits per heavy atom. The predicted octanol–water partition coefficient (Wildman–Crippen LogP) is 3.69. The number of ether oxygens (including phenoxy) is 2. The molecule has 1 amide bonds. The molecule has 2 aromatic heterocycles. The van der Waals surface area contributed by atoms with Crippen molar-refractivity contribution in [2.75, 3.05) is 33.4 Å². The Balaban J connectivity index is 0.00000171. The fourth-order valence-corrected chi connectivity index (χ4v) is 3.31. The molecule has 1 atom stereocenters. The Bertz CT molecular complexity index is 951. The van der Waals surface area contributed by atoms with Crippen LogP contribution in [0.4, 0.5) is 0 Å². The van der Waals surface area contributed by atoms with Crippen LogP contribution in [0.5, 0.6) is 11.5 Å². The molecular formula is C22H25Cl2N3O4. The minimum atomic E-state index is -0.133. The number of benzene rings is 1. The fraction of sp³-hybridized carbons (Fsp3) is 0.273. The van der Waals surface area contributed by atoms with Crippen molar-refractivity contribution in [3.8, 4) is 22.8 Å². The van der Waals surface area contributed by atoms with Crippen molar-refractivity contribution in [3.05, 3.63) is 66.7 Å². The first-order valence-electron chi connectivity index (χ1n) is 9.53. The van der Waals surface area contributed by atoms with Gasteiger partial charge in [-0.3, -0.25) is 9.78 Å². The van der Waals surface area contributed by atoms with Gasteiger partial charge in [-0.25, -0.2) is 0 Å². The molecule has 0 aliphatic carbocycles. The summed E-state index contributed by atoms with van der Waals surface area (Å²) in [6, 6.07) is 14.7. The maximum Gasteiger partial charge on any atom is 0.290 e. The van der Waals surface area contributed by atoms with Gasteiger partial charge in [0.25, 0.3) is 5.91 Å². The molecule has 0 saturated carbocycles. The second-order valence-corrected chi connectivity index (χ2v) is 6.75. The van der Waals surface area contributed by atoms with Crippen molar-refractivity contribution >= 4 is 30.7 Å². The highest BCUT2D eigenvalue weighted by molar-refractivity contribution is 5.92. The van der Waals surface area contributed by atoms with Crippen molar-refractivity contribution in [1.29, 1.82) is 0 Å². The molecule has 9 heteroatoms. The summed E-state index contributed by atoms with van der Waals surface area (Å²) >= 11 is 0. The number of furan rings is 1. The number of nitrogens with one attached hydrogen (secondary N) is 1. The fourth-order valence-electron chi connectivity index (χ4n) is 3.31. The summed E-state index contributed by atoms with van der Waals surface area (Å²) in [5.41, 5.74) is 0.890. The number of nitrogens with zero attached hydrogens (tertiary/aromatic N) is 2. The smallest absolute Gasteiger partial charge is 0.290 e. The van der Waals surface area contributed by atoms with E-state index in [4.69, 9.17) is 13.9 Å². The highest BCUT2D eigenvalue weighted by Gasteiger charge is 2.29. The summed E-state index contributed by atoms with van der Waals surface area (Å²) in [7, 11) is 1.63. The lowest BCUT2D eigenvalue weighted by Crippen LogP contribution is -2.55. The quantitative estimate of drug-likeness (QED) is 0.598. The third-order valence-electron chi connectivity index (χ3n) is 4.88. The number of hydrogen-bond donors (Lipinski definition) is 1. The van der Waals surface area contributed by atoms with Gasteiger partial charge in [-0.15, -0.1) is 24.8 Å². The molecule has 0 bridgehead atoms. The largest absolute Gasteiger partial charge is 0.497 e. The van der Waals surface area contributed by atoms with E-state index < -0.39 is 0 Å². The van der Waals surface area contributed by atoms with E-state index in [0.717, 1.165) is 17.9 Å². The van der Waals surface area contributed by atoms with Gasteiger partial charge in [0.05, 0.1) is 19.3 Å². The summed E-state index contributed by atoms with van der Waals surface area (Å²) < 4.78 is 16.9. The van der Waals surface area contributed by atoms with E-state index in [9.17, 15) is 4.79 Å². The predicted molar refractivity (Wildman–Crippen MR) is 123 cm³/mol. The van der Waals surface area contributed by atoms with Gasteiger partial charge in [0, 0.05) is 31.4 Å². The van der Waals surface area contributed by atoms with Gasteiger partial charge >= 0.3 is 0 Å². The number of pyridine rings is 1. The van der Waals surface area contributed by atoms with Crippen LogP contribution in [0.15, 0.2) is 65.3 Å². The van der Waals surface area contributed by atoms with Crippen LogP contribution in [0.2, 0.25) is 0 Å². The Hall–Kier alpha value is -2.74. The molecular weight excluding hydrogens is 441 g/mol. The highest BCUT2D eigenvalue weighted by atomic mass is 35.5. The third-order valence-corrected chi connectivity index (χ3v) is 4.88. The van der Waals surface area contributed by atoms with E-state index in [1.807, 2.05) is 47.4 Å². The van der Waals surface area contributed by atoms with Crippen molar-refractivity contribution in [3.63, 3.8) is 0 Å². The van der Waals surface area contributed by atoms with Gasteiger partial charge in [0.2, 0.25) is 0 Å². The average Bonchev–Trinajstić information content (AvgIpc) is 3.28. The number of carbonyl (C=O) groups is 1. The number of amides is 1.